The lowest BCUT2D eigenvalue weighted by Crippen LogP contribution is -2.14. The largest absolute Gasteiger partial charge is 0.497 e. The van der Waals surface area contributed by atoms with E-state index in [2.05, 4.69) is 4.72 Å². The molecule has 0 radical (unpaired) electrons. The molecule has 3 aromatic carbocycles. The molecule has 0 atom stereocenters. The summed E-state index contributed by atoms with van der Waals surface area (Å²) in [6.45, 7) is 0. The van der Waals surface area contributed by atoms with Gasteiger partial charge in [-0.05, 0) is 35.0 Å². The van der Waals surface area contributed by atoms with Crippen LogP contribution in [-0.2, 0) is 10.0 Å². The number of ether oxygens (including phenoxy) is 1. The topological polar surface area (TPSA) is 98.5 Å². The molecule has 8 heteroatoms. The molecule has 0 aliphatic carbocycles. The lowest BCUT2D eigenvalue weighted by atomic mass is 10.1. The molecule has 0 saturated carbocycles. The monoisotopic (exact) mass is 358 g/mol. The van der Waals surface area contributed by atoms with Gasteiger partial charge in [0.15, 0.2) is 4.90 Å². The zero-order valence-electron chi connectivity index (χ0n) is 13.2. The third-order valence-corrected chi connectivity index (χ3v) is 5.08. The van der Waals surface area contributed by atoms with Crippen LogP contribution in [0.3, 0.4) is 0 Å². The van der Waals surface area contributed by atoms with Crippen molar-refractivity contribution in [1.29, 1.82) is 0 Å². The van der Waals surface area contributed by atoms with E-state index in [1.165, 1.54) is 13.2 Å². The Hall–Kier alpha value is -3.13. The van der Waals surface area contributed by atoms with Crippen LogP contribution < -0.4 is 9.46 Å². The summed E-state index contributed by atoms with van der Waals surface area (Å²) in [5.74, 6) is 0.205. The van der Waals surface area contributed by atoms with Gasteiger partial charge in [-0.2, -0.15) is 0 Å². The van der Waals surface area contributed by atoms with Crippen LogP contribution in [0.4, 0.5) is 11.4 Å². The molecule has 0 aliphatic heterocycles. The predicted octanol–water partition coefficient (Wildman–Crippen LogP) is 3.56. The number of benzene rings is 3. The van der Waals surface area contributed by atoms with Gasteiger partial charge in [0.05, 0.1) is 18.1 Å². The van der Waals surface area contributed by atoms with E-state index in [4.69, 9.17) is 4.74 Å². The molecule has 0 amide bonds. The van der Waals surface area contributed by atoms with E-state index in [-0.39, 0.29) is 5.75 Å². The molecule has 25 heavy (non-hydrogen) atoms. The molecular weight excluding hydrogens is 344 g/mol. The lowest BCUT2D eigenvalue weighted by Gasteiger charge is -2.10. The normalized spacial score (nSPS) is 11.2. The van der Waals surface area contributed by atoms with Crippen LogP contribution in [0.1, 0.15) is 0 Å². The van der Waals surface area contributed by atoms with Crippen LogP contribution in [0.2, 0.25) is 0 Å². The maximum Gasteiger partial charge on any atom is 0.293 e. The molecular formula is C17H14N2O5S. The molecule has 0 fully saturated rings. The molecule has 0 saturated heterocycles. The molecule has 0 spiro atoms. The first-order chi connectivity index (χ1) is 11.9. The zero-order chi connectivity index (χ0) is 18.0. The van der Waals surface area contributed by atoms with Crippen molar-refractivity contribution in [2.45, 2.75) is 4.90 Å². The highest BCUT2D eigenvalue weighted by atomic mass is 32.2. The van der Waals surface area contributed by atoms with E-state index in [1.54, 1.807) is 18.2 Å². The van der Waals surface area contributed by atoms with Gasteiger partial charge in [0.2, 0.25) is 0 Å². The second-order valence-electron chi connectivity index (χ2n) is 5.26. The maximum atomic E-state index is 12.6. The number of nitrogens with one attached hydrogen (secondary N) is 1. The third kappa shape index (κ3) is 3.38. The fraction of sp³-hybridized carbons (Fsp3) is 0.0588. The van der Waals surface area contributed by atoms with Crippen LogP contribution in [-0.4, -0.2) is 20.5 Å². The summed E-state index contributed by atoms with van der Waals surface area (Å²) in [5, 5.41) is 13.0. The first-order valence-corrected chi connectivity index (χ1v) is 8.73. The summed E-state index contributed by atoms with van der Waals surface area (Å²) < 4.78 is 32.5. The van der Waals surface area contributed by atoms with Gasteiger partial charge in [-0.25, -0.2) is 8.42 Å². The number of methoxy groups -OCH3 is 1. The number of fused-ring (bicyclic) bond motifs is 1. The quantitative estimate of drug-likeness (QED) is 0.555. The Morgan fingerprint density at radius 2 is 1.72 bits per heavy atom. The van der Waals surface area contributed by atoms with Crippen LogP contribution in [0.15, 0.2) is 65.6 Å². The Morgan fingerprint density at radius 1 is 1.00 bits per heavy atom. The van der Waals surface area contributed by atoms with Crippen molar-refractivity contribution in [2.24, 2.45) is 0 Å². The molecule has 0 heterocycles. The fourth-order valence-electron chi connectivity index (χ4n) is 2.46. The Kier molecular flexibility index (Phi) is 4.28. The third-order valence-electron chi connectivity index (χ3n) is 3.65. The molecule has 0 aromatic heterocycles. The van der Waals surface area contributed by atoms with Crippen molar-refractivity contribution < 1.29 is 18.1 Å². The van der Waals surface area contributed by atoms with E-state index in [9.17, 15) is 18.5 Å². The van der Waals surface area contributed by atoms with Gasteiger partial charge in [-0.1, -0.05) is 30.3 Å². The zero-order valence-corrected chi connectivity index (χ0v) is 14.0. The Morgan fingerprint density at radius 3 is 2.40 bits per heavy atom. The molecule has 3 rings (SSSR count). The SMILES string of the molecule is COc1ccc(S(=O)(=O)Nc2ccc3ccccc3c2)c([N+](=O)[O-])c1. The summed E-state index contributed by atoms with van der Waals surface area (Å²) >= 11 is 0. The van der Waals surface area contributed by atoms with Crippen molar-refractivity contribution in [3.63, 3.8) is 0 Å². The average Bonchev–Trinajstić information content (AvgIpc) is 2.60. The summed E-state index contributed by atoms with van der Waals surface area (Å²) in [7, 11) is -2.78. The first-order valence-electron chi connectivity index (χ1n) is 7.25. The molecule has 0 unspecified atom stereocenters. The number of rotatable bonds is 5. The summed E-state index contributed by atoms with van der Waals surface area (Å²) in [4.78, 5) is 10.0. The molecule has 7 nitrogen and oxygen atoms in total. The molecule has 128 valence electrons. The van der Waals surface area contributed by atoms with Crippen LogP contribution in [0.5, 0.6) is 5.75 Å². The van der Waals surface area contributed by atoms with Crippen LogP contribution in [0, 0.1) is 10.1 Å². The standard InChI is InChI=1S/C17H14N2O5S/c1-24-15-8-9-17(16(11-15)19(20)21)25(22,23)18-14-7-6-12-4-2-3-5-13(12)10-14/h2-11,18H,1H3. The van der Waals surface area contributed by atoms with Crippen molar-refractivity contribution in [3.05, 3.63) is 70.8 Å². The minimum absolute atomic E-state index is 0.205. The van der Waals surface area contributed by atoms with Crippen molar-refractivity contribution in [3.8, 4) is 5.75 Å². The number of hydrogen-bond acceptors (Lipinski definition) is 5. The van der Waals surface area contributed by atoms with Gasteiger partial charge in [0.25, 0.3) is 15.7 Å². The summed E-state index contributed by atoms with van der Waals surface area (Å²) in [6.07, 6.45) is 0. The van der Waals surface area contributed by atoms with E-state index in [0.717, 1.165) is 22.9 Å². The van der Waals surface area contributed by atoms with Crippen molar-refractivity contribution in [1.82, 2.24) is 0 Å². The summed E-state index contributed by atoms with van der Waals surface area (Å²) in [5.41, 5.74) is -0.226. The Labute approximate surface area is 144 Å². The summed E-state index contributed by atoms with van der Waals surface area (Å²) in [6, 6.07) is 16.1. The number of hydrogen-bond donors (Lipinski definition) is 1. The highest BCUT2D eigenvalue weighted by molar-refractivity contribution is 7.92. The van der Waals surface area contributed by atoms with Crippen LogP contribution >= 0.6 is 0 Å². The first kappa shape index (κ1) is 16.7. The number of anilines is 1. The Bertz CT molecular complexity index is 1060. The highest BCUT2D eigenvalue weighted by Crippen LogP contribution is 2.30. The lowest BCUT2D eigenvalue weighted by molar-refractivity contribution is -0.387. The smallest absolute Gasteiger partial charge is 0.293 e. The number of nitrogens with zero attached hydrogens (tertiary/aromatic N) is 1. The second kappa shape index (κ2) is 6.40. The van der Waals surface area contributed by atoms with Gasteiger partial charge >= 0.3 is 0 Å². The van der Waals surface area contributed by atoms with Crippen LogP contribution in [0.25, 0.3) is 10.8 Å². The van der Waals surface area contributed by atoms with E-state index < -0.39 is 25.5 Å². The number of sulfonamides is 1. The van der Waals surface area contributed by atoms with E-state index in [0.29, 0.717) is 5.69 Å². The van der Waals surface area contributed by atoms with Gasteiger partial charge in [-0.15, -0.1) is 0 Å². The Balaban J connectivity index is 2.02. The van der Waals surface area contributed by atoms with Gasteiger partial charge in [-0.3, -0.25) is 14.8 Å². The van der Waals surface area contributed by atoms with Gasteiger partial charge < -0.3 is 4.74 Å². The van der Waals surface area contributed by atoms with Crippen molar-refractivity contribution in [2.75, 3.05) is 11.8 Å². The molecule has 0 bridgehead atoms. The average molecular weight is 358 g/mol. The number of nitro groups is 1. The van der Waals surface area contributed by atoms with Gasteiger partial charge in [0, 0.05) is 5.69 Å². The van der Waals surface area contributed by atoms with Crippen molar-refractivity contribution >= 4 is 32.2 Å². The molecule has 1 N–H and O–H groups in total. The maximum absolute atomic E-state index is 12.6. The number of nitro benzene ring substituents is 1. The molecule has 0 aliphatic rings. The van der Waals surface area contributed by atoms with E-state index in [1.807, 2.05) is 24.3 Å². The predicted molar refractivity (Wildman–Crippen MR) is 94.4 cm³/mol. The minimum Gasteiger partial charge on any atom is -0.497 e. The minimum atomic E-state index is -4.13. The van der Waals surface area contributed by atoms with Gasteiger partial charge in [0.1, 0.15) is 5.75 Å². The second-order valence-corrected chi connectivity index (χ2v) is 6.91. The fourth-order valence-corrected chi connectivity index (χ4v) is 3.66. The van der Waals surface area contributed by atoms with E-state index >= 15 is 0 Å². The molecule has 3 aromatic rings. The highest BCUT2D eigenvalue weighted by Gasteiger charge is 2.26.